The Kier molecular flexibility index (Phi) is 2.52. The molecule has 0 radical (unpaired) electrons. The Morgan fingerprint density at radius 1 is 1.42 bits per heavy atom. The number of esters is 1. The van der Waals surface area contributed by atoms with Gasteiger partial charge in [0, 0.05) is 16.9 Å². The van der Waals surface area contributed by atoms with Crippen LogP contribution in [0.3, 0.4) is 0 Å². The van der Waals surface area contributed by atoms with E-state index in [-0.39, 0.29) is 29.0 Å². The average molecular weight is 262 g/mol. The number of aliphatic hydroxyl groups is 1. The van der Waals surface area contributed by atoms with Crippen LogP contribution in [0.15, 0.2) is 23.3 Å². The Morgan fingerprint density at radius 3 is 2.79 bits per heavy atom. The third-order valence-corrected chi connectivity index (χ3v) is 4.90. The topological polar surface area (TPSA) is 63.6 Å². The van der Waals surface area contributed by atoms with Gasteiger partial charge in [0.25, 0.3) is 0 Å². The van der Waals surface area contributed by atoms with Gasteiger partial charge in [0.1, 0.15) is 6.10 Å². The lowest BCUT2D eigenvalue weighted by molar-refractivity contribution is -0.143. The van der Waals surface area contributed by atoms with E-state index in [0.29, 0.717) is 12.0 Å². The van der Waals surface area contributed by atoms with E-state index in [0.717, 1.165) is 5.57 Å². The van der Waals surface area contributed by atoms with Gasteiger partial charge in [0.15, 0.2) is 5.78 Å². The van der Waals surface area contributed by atoms with Crippen LogP contribution in [0.25, 0.3) is 0 Å². The Labute approximate surface area is 112 Å². The van der Waals surface area contributed by atoms with E-state index in [9.17, 15) is 14.7 Å². The van der Waals surface area contributed by atoms with E-state index in [1.54, 1.807) is 19.9 Å². The molecule has 2 fully saturated rings. The summed E-state index contributed by atoms with van der Waals surface area (Å²) in [5.74, 6) is -0.852. The summed E-state index contributed by atoms with van der Waals surface area (Å²) in [6.45, 7) is 5.56. The van der Waals surface area contributed by atoms with Gasteiger partial charge in [-0.25, -0.2) is 0 Å². The number of allylic oxidation sites excluding steroid dienone is 3. The first-order valence-corrected chi connectivity index (χ1v) is 6.68. The lowest BCUT2D eigenvalue weighted by Gasteiger charge is -2.45. The monoisotopic (exact) mass is 262 g/mol. The van der Waals surface area contributed by atoms with Crippen molar-refractivity contribution in [2.24, 2.45) is 17.3 Å². The summed E-state index contributed by atoms with van der Waals surface area (Å²) in [5, 5.41) is 10.4. The quantitative estimate of drug-likeness (QED) is 0.670. The van der Waals surface area contributed by atoms with Crippen molar-refractivity contribution in [2.75, 3.05) is 0 Å². The molecule has 19 heavy (non-hydrogen) atoms. The summed E-state index contributed by atoms with van der Waals surface area (Å²) in [4.78, 5) is 23.7. The molecule has 0 aromatic carbocycles. The molecule has 3 rings (SSSR count). The molecule has 102 valence electrons. The number of hydrogen-bond donors (Lipinski definition) is 1. The second-order valence-electron chi connectivity index (χ2n) is 6.15. The Balaban J connectivity index is 2.14. The lowest BCUT2D eigenvalue weighted by Crippen LogP contribution is -2.47. The van der Waals surface area contributed by atoms with Crippen LogP contribution < -0.4 is 0 Å². The zero-order valence-electron chi connectivity index (χ0n) is 11.3. The normalized spacial score (nSPS) is 45.1. The van der Waals surface area contributed by atoms with Crippen molar-refractivity contribution in [2.45, 2.75) is 39.4 Å². The number of fused-ring (bicyclic) bond motifs is 3. The zero-order valence-corrected chi connectivity index (χ0v) is 11.3. The van der Waals surface area contributed by atoms with E-state index in [2.05, 4.69) is 0 Å². The van der Waals surface area contributed by atoms with Gasteiger partial charge in [-0.05, 0) is 25.0 Å². The molecule has 1 aliphatic heterocycles. The molecule has 3 aliphatic rings. The van der Waals surface area contributed by atoms with Crippen molar-refractivity contribution in [3.05, 3.63) is 23.3 Å². The molecule has 1 N–H and O–H groups in total. The van der Waals surface area contributed by atoms with Gasteiger partial charge in [-0.3, -0.25) is 9.59 Å². The lowest BCUT2D eigenvalue weighted by atomic mass is 9.60. The van der Waals surface area contributed by atoms with Gasteiger partial charge >= 0.3 is 5.97 Å². The average Bonchev–Trinajstić information content (AvgIpc) is 2.61. The molecule has 0 aromatic rings. The highest BCUT2D eigenvalue weighted by Crippen LogP contribution is 2.52. The molecular weight excluding hydrogens is 244 g/mol. The number of rotatable bonds is 0. The maximum Gasteiger partial charge on any atom is 0.309 e. The summed E-state index contributed by atoms with van der Waals surface area (Å²) in [6, 6.07) is 0. The Bertz CT molecular complexity index is 530. The maximum absolute atomic E-state index is 11.9. The van der Waals surface area contributed by atoms with Crippen LogP contribution >= 0.6 is 0 Å². The molecule has 5 atom stereocenters. The highest BCUT2D eigenvalue weighted by atomic mass is 16.6. The smallest absolute Gasteiger partial charge is 0.309 e. The molecule has 0 amide bonds. The molecule has 1 saturated heterocycles. The van der Waals surface area contributed by atoms with Crippen LogP contribution in [0.5, 0.6) is 0 Å². The van der Waals surface area contributed by atoms with Crippen molar-refractivity contribution in [1.29, 1.82) is 0 Å². The molecule has 0 unspecified atom stereocenters. The number of ether oxygens (including phenoxy) is 1. The second kappa shape index (κ2) is 3.79. The largest absolute Gasteiger partial charge is 0.457 e. The predicted octanol–water partition coefficient (Wildman–Crippen LogP) is 1.39. The summed E-state index contributed by atoms with van der Waals surface area (Å²) < 4.78 is 5.46. The molecule has 0 spiro atoms. The fraction of sp³-hybridized carbons (Fsp3) is 0.600. The molecule has 0 aromatic heterocycles. The number of carbonyl (C=O) groups excluding carboxylic acids is 2. The third-order valence-electron chi connectivity index (χ3n) is 4.90. The van der Waals surface area contributed by atoms with Crippen LogP contribution in [0.2, 0.25) is 0 Å². The maximum atomic E-state index is 11.9. The predicted molar refractivity (Wildman–Crippen MR) is 68.1 cm³/mol. The number of hydrogen-bond acceptors (Lipinski definition) is 4. The van der Waals surface area contributed by atoms with Gasteiger partial charge in [0.2, 0.25) is 0 Å². The first-order chi connectivity index (χ1) is 8.85. The molecule has 0 bridgehead atoms. The summed E-state index contributed by atoms with van der Waals surface area (Å²) >= 11 is 0. The number of ketones is 1. The highest BCUT2D eigenvalue weighted by Gasteiger charge is 2.56. The van der Waals surface area contributed by atoms with E-state index < -0.39 is 12.2 Å². The third kappa shape index (κ3) is 1.56. The SMILES string of the molecule is CC1=C2[C@H]3OC(=O)[C@@H](C)[C@@H]3[C@@H](O)C[C@]2(C)C=CC1=O. The van der Waals surface area contributed by atoms with Crippen molar-refractivity contribution < 1.29 is 19.4 Å². The highest BCUT2D eigenvalue weighted by molar-refractivity contribution is 6.05. The molecule has 1 heterocycles. The van der Waals surface area contributed by atoms with Crippen LogP contribution in [-0.2, 0) is 14.3 Å². The standard InChI is InChI=1S/C15H18O4/c1-7-9(16)4-5-15(3)6-10(17)11-8(2)14(18)19-13(11)12(7)15/h4-5,8,10-11,13,17H,6H2,1-3H3/t8-,10-,11+,13-,15-/m0/s1. The Hall–Kier alpha value is -1.42. The summed E-state index contributed by atoms with van der Waals surface area (Å²) in [6.07, 6.45) is 2.90. The first-order valence-electron chi connectivity index (χ1n) is 6.68. The van der Waals surface area contributed by atoms with Crippen LogP contribution in [0.1, 0.15) is 27.2 Å². The Morgan fingerprint density at radius 2 is 2.11 bits per heavy atom. The van der Waals surface area contributed by atoms with Crippen molar-refractivity contribution in [1.82, 2.24) is 0 Å². The first kappa shape index (κ1) is 12.6. The van der Waals surface area contributed by atoms with Crippen molar-refractivity contribution in [3.8, 4) is 0 Å². The molecular formula is C15H18O4. The van der Waals surface area contributed by atoms with E-state index in [1.807, 2.05) is 13.0 Å². The van der Waals surface area contributed by atoms with Crippen molar-refractivity contribution in [3.63, 3.8) is 0 Å². The zero-order chi connectivity index (χ0) is 13.9. The second-order valence-corrected chi connectivity index (χ2v) is 6.15. The summed E-state index contributed by atoms with van der Waals surface area (Å²) in [5.41, 5.74) is 1.16. The van der Waals surface area contributed by atoms with Gasteiger partial charge in [-0.2, -0.15) is 0 Å². The van der Waals surface area contributed by atoms with Gasteiger partial charge in [0.05, 0.1) is 12.0 Å². The molecule has 4 nitrogen and oxygen atoms in total. The van der Waals surface area contributed by atoms with Crippen molar-refractivity contribution >= 4 is 11.8 Å². The molecule has 1 saturated carbocycles. The minimum absolute atomic E-state index is 0.0294. The van der Waals surface area contributed by atoms with Gasteiger partial charge in [-0.1, -0.05) is 19.9 Å². The van der Waals surface area contributed by atoms with E-state index in [4.69, 9.17) is 4.74 Å². The summed E-state index contributed by atoms with van der Waals surface area (Å²) in [7, 11) is 0. The minimum Gasteiger partial charge on any atom is -0.457 e. The van der Waals surface area contributed by atoms with Crippen LogP contribution in [0, 0.1) is 17.3 Å². The van der Waals surface area contributed by atoms with Gasteiger partial charge < -0.3 is 9.84 Å². The van der Waals surface area contributed by atoms with E-state index >= 15 is 0 Å². The van der Waals surface area contributed by atoms with Gasteiger partial charge in [-0.15, -0.1) is 0 Å². The van der Waals surface area contributed by atoms with E-state index in [1.165, 1.54) is 0 Å². The number of aliphatic hydroxyl groups excluding tert-OH is 1. The molecule has 4 heteroatoms. The van der Waals surface area contributed by atoms with Crippen LogP contribution in [-0.4, -0.2) is 29.1 Å². The minimum atomic E-state index is -0.578. The fourth-order valence-corrected chi connectivity index (χ4v) is 3.84. The van der Waals surface area contributed by atoms with Crippen LogP contribution in [0.4, 0.5) is 0 Å². The molecule has 2 aliphatic carbocycles. The number of carbonyl (C=O) groups is 2. The fourth-order valence-electron chi connectivity index (χ4n) is 3.84.